The van der Waals surface area contributed by atoms with Gasteiger partial charge in [0.05, 0.1) is 11.2 Å². The zero-order valence-corrected chi connectivity index (χ0v) is 16.3. The second-order valence-corrected chi connectivity index (χ2v) is 8.82. The van der Waals surface area contributed by atoms with Crippen molar-refractivity contribution < 1.29 is 25.9 Å². The van der Waals surface area contributed by atoms with E-state index in [9.17, 15) is 21.6 Å². The predicted molar refractivity (Wildman–Crippen MR) is 97.9 cm³/mol. The molecule has 0 aromatic rings. The second-order valence-electron chi connectivity index (χ2n) is 4.83. The van der Waals surface area contributed by atoms with E-state index in [4.69, 9.17) is 5.73 Å². The van der Waals surface area contributed by atoms with Crippen molar-refractivity contribution in [2.75, 3.05) is 17.3 Å². The quantitative estimate of drug-likeness (QED) is 0.427. The Morgan fingerprint density at radius 1 is 1.36 bits per heavy atom. The highest BCUT2D eigenvalue weighted by atomic mass is 32.2. The van der Waals surface area contributed by atoms with Crippen LogP contribution < -0.4 is 5.73 Å². The monoisotopic (exact) mass is 418 g/mol. The van der Waals surface area contributed by atoms with E-state index in [0.29, 0.717) is 5.75 Å². The number of oxime groups is 1. The molecular weight excluding hydrogens is 397 g/mol. The van der Waals surface area contributed by atoms with Crippen molar-refractivity contribution in [1.82, 2.24) is 0 Å². The summed E-state index contributed by atoms with van der Waals surface area (Å²) in [6, 6.07) is 0. The number of thioether (sulfide) groups is 2. The minimum Gasteiger partial charge on any atom is -0.383 e. The van der Waals surface area contributed by atoms with Gasteiger partial charge in [0, 0.05) is 17.3 Å². The molecule has 1 aliphatic carbocycles. The van der Waals surface area contributed by atoms with E-state index in [1.807, 2.05) is 13.8 Å². The van der Waals surface area contributed by atoms with Gasteiger partial charge in [0.15, 0.2) is 5.84 Å². The van der Waals surface area contributed by atoms with Gasteiger partial charge in [-0.2, -0.15) is 33.4 Å². The molecule has 2 N–H and O–H groups in total. The summed E-state index contributed by atoms with van der Waals surface area (Å²) in [7, 11) is -4.26. The van der Waals surface area contributed by atoms with E-state index in [2.05, 4.69) is 9.44 Å². The molecule has 0 amide bonds. The van der Waals surface area contributed by atoms with Gasteiger partial charge >= 0.3 is 16.3 Å². The van der Waals surface area contributed by atoms with Crippen molar-refractivity contribution >= 4 is 39.5 Å². The van der Waals surface area contributed by atoms with Gasteiger partial charge in [0.25, 0.3) is 0 Å². The molecule has 144 valence electrons. The molecule has 2 atom stereocenters. The lowest BCUT2D eigenvalue weighted by Gasteiger charge is -2.20. The molecule has 1 saturated heterocycles. The first-order valence-corrected chi connectivity index (χ1v) is 11.2. The van der Waals surface area contributed by atoms with Gasteiger partial charge < -0.3 is 5.73 Å². The third-order valence-corrected chi connectivity index (χ3v) is 7.09. The van der Waals surface area contributed by atoms with Crippen LogP contribution in [-0.4, -0.2) is 42.9 Å². The number of amidine groups is 1. The van der Waals surface area contributed by atoms with E-state index < -0.39 is 28.6 Å². The summed E-state index contributed by atoms with van der Waals surface area (Å²) >= 11 is 3.23. The van der Waals surface area contributed by atoms with Gasteiger partial charge in [0.2, 0.25) is 0 Å². The largest absolute Gasteiger partial charge is 0.395 e. The summed E-state index contributed by atoms with van der Waals surface area (Å²) < 4.78 is 65.9. The number of halogens is 3. The van der Waals surface area contributed by atoms with Gasteiger partial charge in [-0.3, -0.25) is 4.28 Å². The fourth-order valence-corrected chi connectivity index (χ4v) is 5.28. The highest BCUT2D eigenvalue weighted by molar-refractivity contribution is 8.07. The van der Waals surface area contributed by atoms with E-state index in [1.165, 1.54) is 0 Å². The minimum absolute atomic E-state index is 0.0549. The summed E-state index contributed by atoms with van der Waals surface area (Å²) in [5.74, 6) is 0.945. The Kier molecular flexibility index (Phi) is 8.69. The van der Waals surface area contributed by atoms with Crippen molar-refractivity contribution in [1.29, 1.82) is 0 Å². The zero-order valence-electron chi connectivity index (χ0n) is 13.8. The fourth-order valence-electron chi connectivity index (χ4n) is 1.88. The average molecular weight is 419 g/mol. The highest BCUT2D eigenvalue weighted by Crippen LogP contribution is 2.34. The first kappa shape index (κ1) is 22.2. The molecule has 0 saturated carbocycles. The Bertz CT molecular complexity index is 625. The van der Waals surface area contributed by atoms with Crippen LogP contribution >= 0.6 is 23.5 Å². The molecule has 0 bridgehead atoms. The maximum Gasteiger partial charge on any atom is 0.395 e. The van der Waals surface area contributed by atoms with Crippen LogP contribution in [0.2, 0.25) is 0 Å². The first-order chi connectivity index (χ1) is 11.7. The van der Waals surface area contributed by atoms with Gasteiger partial charge in [-0.25, -0.2) is 0 Å². The lowest BCUT2D eigenvalue weighted by Crippen LogP contribution is -2.31. The van der Waals surface area contributed by atoms with Crippen LogP contribution in [0.3, 0.4) is 0 Å². The number of nitrogens with zero attached hydrogens (tertiary/aromatic N) is 1. The molecule has 2 rings (SSSR count). The average Bonchev–Trinajstić information content (AvgIpc) is 2.61. The van der Waals surface area contributed by atoms with Gasteiger partial charge in [0.1, 0.15) is 4.91 Å². The van der Waals surface area contributed by atoms with Gasteiger partial charge in [-0.15, -0.1) is 11.8 Å². The molecule has 0 spiro atoms. The molecule has 0 aromatic heterocycles. The SMILES string of the molecule is CC.N/C(=N/OS(=O)(=O)C1=CCC(C(F)(F)F)C=C1)C1CSCCS1. The summed E-state index contributed by atoms with van der Waals surface area (Å²) in [4.78, 5) is -0.347. The Labute approximate surface area is 154 Å². The maximum atomic E-state index is 12.5. The molecule has 1 heterocycles. The number of rotatable bonds is 4. The van der Waals surface area contributed by atoms with Crippen LogP contribution in [0, 0.1) is 5.92 Å². The van der Waals surface area contributed by atoms with Crippen LogP contribution in [0.25, 0.3) is 0 Å². The van der Waals surface area contributed by atoms with Crippen LogP contribution in [0.5, 0.6) is 0 Å². The number of hydrogen-bond donors (Lipinski definition) is 1. The summed E-state index contributed by atoms with van der Waals surface area (Å²) in [6.07, 6.45) is -2.19. The summed E-state index contributed by atoms with van der Waals surface area (Å²) in [5, 5.41) is 3.31. The molecule has 1 aliphatic heterocycles. The smallest absolute Gasteiger partial charge is 0.383 e. The van der Waals surface area contributed by atoms with Crippen molar-refractivity contribution in [3.8, 4) is 0 Å². The predicted octanol–water partition coefficient (Wildman–Crippen LogP) is 3.50. The Hall–Kier alpha value is -0.810. The first-order valence-electron chi connectivity index (χ1n) is 7.61. The lowest BCUT2D eigenvalue weighted by molar-refractivity contribution is -0.160. The molecule has 2 unspecified atom stereocenters. The summed E-state index contributed by atoms with van der Waals surface area (Å²) in [6.45, 7) is 4.00. The van der Waals surface area contributed by atoms with E-state index >= 15 is 0 Å². The summed E-state index contributed by atoms with van der Waals surface area (Å²) in [5.41, 5.74) is 5.70. The molecule has 1 fully saturated rings. The Balaban J connectivity index is 0.00000151. The zero-order chi connectivity index (χ0) is 19.1. The highest BCUT2D eigenvalue weighted by Gasteiger charge is 2.38. The molecule has 0 aromatic carbocycles. The standard InChI is InChI=1S/C12H15F3N2O3S3.C2H6/c13-12(14,15)8-1-3-9(4-2-8)23(18,19)20-17-11(16)10-7-21-5-6-22-10;1-2/h1,3-4,8,10H,2,5-7H2,(H2,16,17);1-2H3. The molecular formula is C14H21F3N2O3S3. The molecule has 0 radical (unpaired) electrons. The second kappa shape index (κ2) is 9.77. The molecule has 25 heavy (non-hydrogen) atoms. The van der Waals surface area contributed by atoms with Crippen LogP contribution in [0.1, 0.15) is 20.3 Å². The number of hydrogen-bond acceptors (Lipinski definition) is 6. The Morgan fingerprint density at radius 2 is 2.04 bits per heavy atom. The topological polar surface area (TPSA) is 81.8 Å². The van der Waals surface area contributed by atoms with Crippen molar-refractivity contribution in [3.63, 3.8) is 0 Å². The van der Waals surface area contributed by atoms with Gasteiger partial charge in [-0.05, 0) is 12.5 Å². The molecule has 5 nitrogen and oxygen atoms in total. The normalized spacial score (nSPS) is 24.8. The third kappa shape index (κ3) is 6.78. The number of alkyl halides is 3. The van der Waals surface area contributed by atoms with Crippen molar-refractivity contribution in [3.05, 3.63) is 23.1 Å². The van der Waals surface area contributed by atoms with Gasteiger partial charge in [-0.1, -0.05) is 31.2 Å². The molecule has 11 heteroatoms. The van der Waals surface area contributed by atoms with Crippen LogP contribution in [0.4, 0.5) is 13.2 Å². The fraction of sp³-hybridized carbons (Fsp3) is 0.643. The molecule has 2 aliphatic rings. The maximum absolute atomic E-state index is 12.5. The van der Waals surface area contributed by atoms with Crippen LogP contribution in [0.15, 0.2) is 28.3 Å². The third-order valence-electron chi connectivity index (χ3n) is 3.16. The van der Waals surface area contributed by atoms with E-state index in [-0.39, 0.29) is 16.0 Å². The minimum atomic E-state index is -4.40. The Morgan fingerprint density at radius 3 is 2.52 bits per heavy atom. The van der Waals surface area contributed by atoms with E-state index in [1.54, 1.807) is 23.5 Å². The van der Waals surface area contributed by atoms with Crippen molar-refractivity contribution in [2.24, 2.45) is 16.8 Å². The lowest BCUT2D eigenvalue weighted by atomic mass is 10.0. The van der Waals surface area contributed by atoms with E-state index in [0.717, 1.165) is 29.7 Å². The number of nitrogens with two attached hydrogens (primary N) is 1. The van der Waals surface area contributed by atoms with Crippen LogP contribution in [-0.2, 0) is 14.4 Å². The number of allylic oxidation sites excluding steroid dienone is 3. The van der Waals surface area contributed by atoms with Crippen molar-refractivity contribution in [2.45, 2.75) is 31.7 Å².